The zero-order valence-corrected chi connectivity index (χ0v) is 15.1. The van der Waals surface area contributed by atoms with E-state index >= 15 is 0 Å². The van der Waals surface area contributed by atoms with Crippen molar-refractivity contribution in [3.05, 3.63) is 0 Å². The second-order valence-electron chi connectivity index (χ2n) is 8.07. The molecule has 2 aliphatic heterocycles. The number of carbonyl (C=O) groups excluding carboxylic acids is 1. The third-order valence-corrected chi connectivity index (χ3v) is 6.53. The standard InChI is InChI=1S/C17H31N5O3/c1-3-14-19-16(22-24-14)11-4-6-12-10(8-11)5-7-13(12)18-17(23)15-9(2)20-25-21-15/h9-16,19-22H,3-8H2,1-2H3,(H,18,23)/t9?,10?,11?,12?,13-,14?,15?,16?/m1/s1. The molecule has 4 fully saturated rings. The molecule has 2 saturated heterocycles. The van der Waals surface area contributed by atoms with Gasteiger partial charge in [-0.15, -0.1) is 0 Å². The minimum Gasteiger partial charge on any atom is -0.352 e. The highest BCUT2D eigenvalue weighted by Gasteiger charge is 2.44. The molecule has 8 heteroatoms. The van der Waals surface area contributed by atoms with Crippen LogP contribution in [0.2, 0.25) is 0 Å². The molecule has 2 saturated carbocycles. The lowest BCUT2D eigenvalue weighted by atomic mass is 9.73. The van der Waals surface area contributed by atoms with Crippen LogP contribution < -0.4 is 27.1 Å². The largest absolute Gasteiger partial charge is 0.352 e. The molecule has 2 aliphatic carbocycles. The fraction of sp³-hybridized carbons (Fsp3) is 0.941. The predicted molar refractivity (Wildman–Crippen MR) is 91.3 cm³/mol. The molecule has 2 heterocycles. The summed E-state index contributed by atoms with van der Waals surface area (Å²) in [7, 11) is 0. The van der Waals surface area contributed by atoms with Crippen molar-refractivity contribution in [2.75, 3.05) is 0 Å². The van der Waals surface area contributed by atoms with Gasteiger partial charge in [0.1, 0.15) is 12.3 Å². The van der Waals surface area contributed by atoms with E-state index in [0.717, 1.165) is 12.8 Å². The second kappa shape index (κ2) is 7.46. The van der Waals surface area contributed by atoms with Crippen molar-refractivity contribution in [1.29, 1.82) is 0 Å². The van der Waals surface area contributed by atoms with Crippen LogP contribution in [0.5, 0.6) is 0 Å². The Morgan fingerprint density at radius 3 is 2.68 bits per heavy atom. The van der Waals surface area contributed by atoms with E-state index < -0.39 is 0 Å². The number of carbonyl (C=O) groups is 1. The van der Waals surface area contributed by atoms with Crippen molar-refractivity contribution in [2.24, 2.45) is 17.8 Å². The van der Waals surface area contributed by atoms with Crippen molar-refractivity contribution in [2.45, 2.75) is 82.9 Å². The molecule has 0 aromatic rings. The van der Waals surface area contributed by atoms with Gasteiger partial charge in [-0.1, -0.05) is 6.92 Å². The fourth-order valence-corrected chi connectivity index (χ4v) is 5.05. The Morgan fingerprint density at radius 1 is 1.12 bits per heavy atom. The van der Waals surface area contributed by atoms with Gasteiger partial charge >= 0.3 is 0 Å². The first-order chi connectivity index (χ1) is 12.2. The number of hydroxylamine groups is 3. The highest BCUT2D eigenvalue weighted by atomic mass is 16.8. The number of hydrogen-bond acceptors (Lipinski definition) is 7. The van der Waals surface area contributed by atoms with Crippen LogP contribution in [0.15, 0.2) is 0 Å². The van der Waals surface area contributed by atoms with E-state index in [-0.39, 0.29) is 30.4 Å². The summed E-state index contributed by atoms with van der Waals surface area (Å²) in [6, 6.07) is -0.0263. The SMILES string of the molecule is CCC1NC(C2CCC3C(CC[C@H]3NC(=O)C3NONC3C)C2)NO1. The van der Waals surface area contributed by atoms with Gasteiger partial charge in [0.15, 0.2) is 0 Å². The Bertz CT molecular complexity index is 493. The van der Waals surface area contributed by atoms with Gasteiger partial charge in [-0.25, -0.2) is 4.94 Å². The summed E-state index contributed by atoms with van der Waals surface area (Å²) >= 11 is 0. The summed E-state index contributed by atoms with van der Waals surface area (Å²) in [6.07, 6.45) is 7.25. The van der Waals surface area contributed by atoms with Crippen molar-refractivity contribution < 1.29 is 14.6 Å². The third-order valence-electron chi connectivity index (χ3n) is 6.53. The van der Waals surface area contributed by atoms with Gasteiger partial charge in [0.2, 0.25) is 5.91 Å². The van der Waals surface area contributed by atoms with Crippen LogP contribution in [0.4, 0.5) is 0 Å². The van der Waals surface area contributed by atoms with E-state index in [1.807, 2.05) is 6.92 Å². The van der Waals surface area contributed by atoms with Crippen LogP contribution in [-0.4, -0.2) is 36.4 Å². The molecule has 0 bridgehead atoms. The highest BCUT2D eigenvalue weighted by Crippen LogP contribution is 2.45. The first-order valence-corrected chi connectivity index (χ1v) is 9.80. The van der Waals surface area contributed by atoms with E-state index in [0.29, 0.717) is 23.8 Å². The number of nitrogens with one attached hydrogen (secondary N) is 5. The van der Waals surface area contributed by atoms with Crippen molar-refractivity contribution in [3.8, 4) is 0 Å². The molecule has 7 unspecified atom stereocenters. The van der Waals surface area contributed by atoms with Gasteiger partial charge in [0.25, 0.3) is 0 Å². The Kier molecular flexibility index (Phi) is 5.26. The first kappa shape index (κ1) is 17.6. The maximum atomic E-state index is 12.5. The Labute approximate surface area is 149 Å². The first-order valence-electron chi connectivity index (χ1n) is 9.80. The van der Waals surface area contributed by atoms with Gasteiger partial charge in [0, 0.05) is 6.04 Å². The summed E-state index contributed by atoms with van der Waals surface area (Å²) in [5, 5.41) is 6.82. The Morgan fingerprint density at radius 2 is 1.96 bits per heavy atom. The maximum Gasteiger partial charge on any atom is 0.241 e. The van der Waals surface area contributed by atoms with Crippen molar-refractivity contribution in [3.63, 3.8) is 0 Å². The number of amides is 1. The van der Waals surface area contributed by atoms with Crippen molar-refractivity contribution in [1.82, 2.24) is 27.1 Å². The number of fused-ring (bicyclic) bond motifs is 1. The fourth-order valence-electron chi connectivity index (χ4n) is 5.05. The monoisotopic (exact) mass is 353 g/mol. The van der Waals surface area contributed by atoms with E-state index in [4.69, 9.17) is 9.78 Å². The molecule has 142 valence electrons. The highest BCUT2D eigenvalue weighted by molar-refractivity contribution is 5.82. The maximum absolute atomic E-state index is 12.5. The minimum atomic E-state index is -0.314. The van der Waals surface area contributed by atoms with Crippen molar-refractivity contribution >= 4 is 5.91 Å². The van der Waals surface area contributed by atoms with Gasteiger partial charge in [-0.3, -0.25) is 14.9 Å². The van der Waals surface area contributed by atoms with Crippen LogP contribution in [-0.2, 0) is 14.6 Å². The Balaban J connectivity index is 1.29. The van der Waals surface area contributed by atoms with Crippen LogP contribution in [0.1, 0.15) is 52.4 Å². The van der Waals surface area contributed by atoms with Crippen LogP contribution in [0.25, 0.3) is 0 Å². The van der Waals surface area contributed by atoms with E-state index in [1.54, 1.807) is 0 Å². The second-order valence-corrected chi connectivity index (χ2v) is 8.07. The van der Waals surface area contributed by atoms with E-state index in [1.165, 1.54) is 25.7 Å². The normalized spacial score (nSPS) is 47.0. The summed E-state index contributed by atoms with van der Waals surface area (Å²) in [5.41, 5.74) is 8.71. The van der Waals surface area contributed by atoms with Gasteiger partial charge < -0.3 is 5.32 Å². The molecule has 0 radical (unpaired) electrons. The van der Waals surface area contributed by atoms with Gasteiger partial charge in [0.05, 0.1) is 12.2 Å². The molecule has 8 atom stereocenters. The molecule has 0 spiro atoms. The van der Waals surface area contributed by atoms with Crippen LogP contribution >= 0.6 is 0 Å². The van der Waals surface area contributed by atoms with Crippen LogP contribution in [0.3, 0.4) is 0 Å². The van der Waals surface area contributed by atoms with E-state index in [9.17, 15) is 4.79 Å². The quantitative estimate of drug-likeness (QED) is 0.495. The smallest absolute Gasteiger partial charge is 0.241 e. The van der Waals surface area contributed by atoms with E-state index in [2.05, 4.69) is 34.0 Å². The molecule has 1 amide bonds. The molecular weight excluding hydrogens is 322 g/mol. The zero-order valence-electron chi connectivity index (χ0n) is 15.1. The Hall–Kier alpha value is -0.770. The molecule has 25 heavy (non-hydrogen) atoms. The summed E-state index contributed by atoms with van der Waals surface area (Å²) in [5.74, 6) is 1.97. The zero-order chi connectivity index (χ0) is 17.4. The molecular formula is C17H31N5O3. The summed E-state index contributed by atoms with van der Waals surface area (Å²) in [4.78, 5) is 23.0. The molecule has 0 aromatic heterocycles. The predicted octanol–water partition coefficient (Wildman–Crippen LogP) is 0.281. The number of hydrogen-bond donors (Lipinski definition) is 5. The molecule has 0 aromatic carbocycles. The average molecular weight is 353 g/mol. The van der Waals surface area contributed by atoms with Gasteiger partial charge in [-0.2, -0.15) is 16.4 Å². The molecule has 4 rings (SSSR count). The van der Waals surface area contributed by atoms with Gasteiger partial charge in [-0.05, 0) is 63.2 Å². The minimum absolute atomic E-state index is 0.0148. The topological polar surface area (TPSA) is 95.7 Å². The molecule has 5 N–H and O–H groups in total. The molecule has 4 aliphatic rings. The third kappa shape index (κ3) is 3.56. The lowest BCUT2D eigenvalue weighted by Crippen LogP contribution is -2.51. The molecule has 8 nitrogen and oxygen atoms in total. The number of rotatable bonds is 4. The lowest BCUT2D eigenvalue weighted by molar-refractivity contribution is -0.125. The summed E-state index contributed by atoms with van der Waals surface area (Å²) < 4.78 is 0. The lowest BCUT2D eigenvalue weighted by Gasteiger charge is -2.37. The van der Waals surface area contributed by atoms with Crippen LogP contribution in [0, 0.1) is 17.8 Å². The average Bonchev–Trinajstić information content (AvgIpc) is 3.34. The summed E-state index contributed by atoms with van der Waals surface area (Å²) in [6.45, 7) is 4.07.